The zero-order valence-corrected chi connectivity index (χ0v) is 17.9. The first kappa shape index (κ1) is 20.7. The third kappa shape index (κ3) is 4.95. The summed E-state index contributed by atoms with van der Waals surface area (Å²) in [6, 6.07) is 16.9. The quantitative estimate of drug-likeness (QED) is 0.655. The maximum absolute atomic E-state index is 9.64. The standard InChI is InChI=1S/C24H31N5O/c1-19-7-6-10-22(25-19)17-29-13-12-28(18-23(29)11-14-30)16-21-15-27(2)26-24(21)20-8-4-3-5-9-20/h3-10,15,23,30H,11-14,16-18H2,1-2H3. The highest BCUT2D eigenvalue weighted by Gasteiger charge is 2.28. The first-order valence-electron chi connectivity index (χ1n) is 10.7. The fraction of sp³-hybridized carbons (Fsp3) is 0.417. The van der Waals surface area contributed by atoms with E-state index >= 15 is 0 Å². The van der Waals surface area contributed by atoms with Crippen LogP contribution in [0.1, 0.15) is 23.4 Å². The monoisotopic (exact) mass is 405 g/mol. The summed E-state index contributed by atoms with van der Waals surface area (Å²) in [4.78, 5) is 9.63. The van der Waals surface area contributed by atoms with Gasteiger partial charge in [0.25, 0.3) is 0 Å². The van der Waals surface area contributed by atoms with Crippen LogP contribution in [0.15, 0.2) is 54.7 Å². The average molecular weight is 406 g/mol. The van der Waals surface area contributed by atoms with Gasteiger partial charge in [-0.25, -0.2) is 0 Å². The molecule has 0 saturated carbocycles. The highest BCUT2D eigenvalue weighted by Crippen LogP contribution is 2.24. The fourth-order valence-electron chi connectivity index (χ4n) is 4.36. The van der Waals surface area contributed by atoms with Gasteiger partial charge in [0, 0.05) is 75.4 Å². The molecule has 1 unspecified atom stereocenters. The van der Waals surface area contributed by atoms with Crippen LogP contribution in [0.2, 0.25) is 0 Å². The Balaban J connectivity index is 1.46. The molecule has 0 radical (unpaired) electrons. The Kier molecular flexibility index (Phi) is 6.57. The summed E-state index contributed by atoms with van der Waals surface area (Å²) in [6.07, 6.45) is 2.91. The van der Waals surface area contributed by atoms with Gasteiger partial charge in [0.2, 0.25) is 0 Å². The maximum atomic E-state index is 9.64. The molecule has 3 aromatic rings. The van der Waals surface area contributed by atoms with Crippen molar-refractivity contribution in [3.8, 4) is 11.3 Å². The number of aryl methyl sites for hydroxylation is 2. The molecule has 1 aromatic carbocycles. The lowest BCUT2D eigenvalue weighted by Crippen LogP contribution is -2.52. The largest absolute Gasteiger partial charge is 0.396 e. The summed E-state index contributed by atoms with van der Waals surface area (Å²) in [5, 5.41) is 14.4. The number of rotatable bonds is 7. The maximum Gasteiger partial charge on any atom is 0.0968 e. The van der Waals surface area contributed by atoms with E-state index in [-0.39, 0.29) is 6.61 Å². The first-order chi connectivity index (χ1) is 14.6. The van der Waals surface area contributed by atoms with E-state index in [1.165, 1.54) is 5.56 Å². The smallest absolute Gasteiger partial charge is 0.0968 e. The molecule has 158 valence electrons. The molecule has 1 fully saturated rings. The number of piperazine rings is 1. The van der Waals surface area contributed by atoms with Gasteiger partial charge in [-0.2, -0.15) is 5.10 Å². The van der Waals surface area contributed by atoms with Gasteiger partial charge in [-0.1, -0.05) is 36.4 Å². The second-order valence-corrected chi connectivity index (χ2v) is 8.18. The molecule has 6 heteroatoms. The summed E-state index contributed by atoms with van der Waals surface area (Å²) in [7, 11) is 1.98. The Hall–Kier alpha value is -2.54. The van der Waals surface area contributed by atoms with Gasteiger partial charge in [0.05, 0.1) is 11.4 Å². The van der Waals surface area contributed by atoms with E-state index in [4.69, 9.17) is 5.10 Å². The molecule has 0 bridgehead atoms. The minimum absolute atomic E-state index is 0.207. The van der Waals surface area contributed by atoms with E-state index in [2.05, 4.69) is 57.4 Å². The first-order valence-corrected chi connectivity index (χ1v) is 10.7. The SMILES string of the molecule is Cc1cccc(CN2CCN(Cc3cn(C)nc3-c3ccccc3)CC2CCO)n1. The van der Waals surface area contributed by atoms with Crippen LogP contribution in [-0.4, -0.2) is 62.0 Å². The molecule has 0 amide bonds. The molecule has 0 aliphatic carbocycles. The van der Waals surface area contributed by atoms with Crippen LogP contribution in [0.4, 0.5) is 0 Å². The highest BCUT2D eigenvalue weighted by molar-refractivity contribution is 5.62. The number of pyridine rings is 1. The van der Waals surface area contributed by atoms with Crippen LogP contribution < -0.4 is 0 Å². The van der Waals surface area contributed by atoms with E-state index in [1.54, 1.807) is 0 Å². The van der Waals surface area contributed by atoms with E-state index in [1.807, 2.05) is 30.8 Å². The molecular weight excluding hydrogens is 374 g/mol. The van der Waals surface area contributed by atoms with Crippen molar-refractivity contribution in [3.05, 3.63) is 71.7 Å². The van der Waals surface area contributed by atoms with Crippen LogP contribution in [-0.2, 0) is 20.1 Å². The molecular formula is C24H31N5O. The van der Waals surface area contributed by atoms with Crippen molar-refractivity contribution < 1.29 is 5.11 Å². The van der Waals surface area contributed by atoms with E-state index < -0.39 is 0 Å². The number of benzene rings is 1. The lowest BCUT2D eigenvalue weighted by atomic mass is 10.1. The number of aliphatic hydroxyl groups is 1. The lowest BCUT2D eigenvalue weighted by Gasteiger charge is -2.41. The molecule has 1 aliphatic heterocycles. The molecule has 6 nitrogen and oxygen atoms in total. The number of hydrogen-bond acceptors (Lipinski definition) is 5. The molecule has 1 atom stereocenters. The molecule has 1 aliphatic rings. The summed E-state index contributed by atoms with van der Waals surface area (Å²) in [5.41, 5.74) is 5.62. The van der Waals surface area contributed by atoms with E-state index in [0.29, 0.717) is 6.04 Å². The van der Waals surface area contributed by atoms with Gasteiger partial charge < -0.3 is 5.11 Å². The average Bonchev–Trinajstić information content (AvgIpc) is 3.11. The summed E-state index contributed by atoms with van der Waals surface area (Å²) in [6.45, 7) is 6.86. The van der Waals surface area contributed by atoms with Crippen molar-refractivity contribution >= 4 is 0 Å². The summed E-state index contributed by atoms with van der Waals surface area (Å²) >= 11 is 0. The highest BCUT2D eigenvalue weighted by atomic mass is 16.3. The number of aliphatic hydroxyl groups excluding tert-OH is 1. The van der Waals surface area contributed by atoms with Crippen LogP contribution in [0, 0.1) is 6.92 Å². The topological polar surface area (TPSA) is 57.4 Å². The Bertz CT molecular complexity index is 955. The fourth-order valence-corrected chi connectivity index (χ4v) is 4.36. The third-order valence-electron chi connectivity index (χ3n) is 5.81. The zero-order chi connectivity index (χ0) is 20.9. The van der Waals surface area contributed by atoms with Crippen molar-refractivity contribution in [2.75, 3.05) is 26.2 Å². The minimum Gasteiger partial charge on any atom is -0.396 e. The van der Waals surface area contributed by atoms with Crippen molar-refractivity contribution in [2.45, 2.75) is 32.5 Å². The van der Waals surface area contributed by atoms with Crippen LogP contribution >= 0.6 is 0 Å². The van der Waals surface area contributed by atoms with Crippen molar-refractivity contribution in [2.24, 2.45) is 7.05 Å². The Morgan fingerprint density at radius 3 is 2.63 bits per heavy atom. The van der Waals surface area contributed by atoms with Gasteiger partial charge in [-0.15, -0.1) is 0 Å². The summed E-state index contributed by atoms with van der Waals surface area (Å²) < 4.78 is 1.91. The van der Waals surface area contributed by atoms with Gasteiger partial charge in [-0.05, 0) is 25.5 Å². The van der Waals surface area contributed by atoms with Crippen molar-refractivity contribution in [3.63, 3.8) is 0 Å². The van der Waals surface area contributed by atoms with Crippen LogP contribution in [0.25, 0.3) is 11.3 Å². The van der Waals surface area contributed by atoms with Crippen LogP contribution in [0.3, 0.4) is 0 Å². The molecule has 0 spiro atoms. The van der Waals surface area contributed by atoms with E-state index in [0.717, 1.165) is 61.8 Å². The Labute approximate surface area is 178 Å². The number of nitrogens with zero attached hydrogens (tertiary/aromatic N) is 5. The molecule has 2 aromatic heterocycles. The summed E-state index contributed by atoms with van der Waals surface area (Å²) in [5.74, 6) is 0. The lowest BCUT2D eigenvalue weighted by molar-refractivity contribution is 0.0492. The van der Waals surface area contributed by atoms with Gasteiger partial charge in [0.15, 0.2) is 0 Å². The molecule has 1 saturated heterocycles. The third-order valence-corrected chi connectivity index (χ3v) is 5.81. The Morgan fingerprint density at radius 1 is 1.03 bits per heavy atom. The normalized spacial score (nSPS) is 18.0. The van der Waals surface area contributed by atoms with Crippen molar-refractivity contribution in [1.29, 1.82) is 0 Å². The predicted octanol–water partition coefficient (Wildman–Crippen LogP) is 2.86. The van der Waals surface area contributed by atoms with E-state index in [9.17, 15) is 5.11 Å². The molecule has 4 rings (SSSR count). The predicted molar refractivity (Wildman–Crippen MR) is 119 cm³/mol. The van der Waals surface area contributed by atoms with Gasteiger partial charge >= 0.3 is 0 Å². The molecule has 1 N–H and O–H groups in total. The molecule has 3 heterocycles. The second kappa shape index (κ2) is 9.51. The molecule has 30 heavy (non-hydrogen) atoms. The van der Waals surface area contributed by atoms with Gasteiger partial charge in [-0.3, -0.25) is 19.5 Å². The second-order valence-electron chi connectivity index (χ2n) is 8.18. The number of aromatic nitrogens is 3. The zero-order valence-electron chi connectivity index (χ0n) is 17.9. The van der Waals surface area contributed by atoms with Crippen LogP contribution in [0.5, 0.6) is 0 Å². The Morgan fingerprint density at radius 2 is 1.87 bits per heavy atom. The minimum atomic E-state index is 0.207. The van der Waals surface area contributed by atoms with Gasteiger partial charge in [0.1, 0.15) is 0 Å². The van der Waals surface area contributed by atoms with Crippen molar-refractivity contribution in [1.82, 2.24) is 24.6 Å². The number of hydrogen-bond donors (Lipinski definition) is 1.